The Morgan fingerprint density at radius 2 is 2.00 bits per heavy atom. The van der Waals surface area contributed by atoms with Crippen LogP contribution in [0.15, 0.2) is 57.9 Å². The van der Waals surface area contributed by atoms with Gasteiger partial charge < -0.3 is 14.3 Å². The molecule has 2 aromatic heterocycles. The Labute approximate surface area is 127 Å². The van der Waals surface area contributed by atoms with Crippen LogP contribution < -0.4 is 10.9 Å². The van der Waals surface area contributed by atoms with E-state index in [1.54, 1.807) is 19.3 Å². The van der Waals surface area contributed by atoms with Gasteiger partial charge >= 0.3 is 0 Å². The molecule has 3 aromatic rings. The molecule has 0 unspecified atom stereocenters. The van der Waals surface area contributed by atoms with E-state index in [4.69, 9.17) is 4.42 Å². The number of carbonyl (C=O) groups is 1. The Kier molecular flexibility index (Phi) is 3.55. The van der Waals surface area contributed by atoms with Gasteiger partial charge in [0.05, 0.1) is 6.04 Å². The summed E-state index contributed by atoms with van der Waals surface area (Å²) in [5.41, 5.74) is 0.905. The number of aromatic nitrogens is 1. The maximum atomic E-state index is 12.2. The van der Waals surface area contributed by atoms with E-state index >= 15 is 0 Å². The van der Waals surface area contributed by atoms with Crippen molar-refractivity contribution in [3.8, 4) is 0 Å². The molecule has 2 heterocycles. The lowest BCUT2D eigenvalue weighted by Gasteiger charge is -2.11. The molecule has 0 aliphatic rings. The summed E-state index contributed by atoms with van der Waals surface area (Å²) in [4.78, 5) is 23.8. The first kappa shape index (κ1) is 14.1. The Bertz CT molecular complexity index is 859. The number of carbonyl (C=O) groups excluding carboxylic acids is 1. The smallest absolute Gasteiger partial charge is 0.252 e. The minimum Gasteiger partial charge on any atom is -0.459 e. The molecule has 1 aromatic carbocycles. The molecule has 0 bridgehead atoms. The average Bonchev–Trinajstić information content (AvgIpc) is 2.94. The fourth-order valence-corrected chi connectivity index (χ4v) is 2.26. The molecule has 1 amide bonds. The van der Waals surface area contributed by atoms with E-state index in [1.165, 1.54) is 10.6 Å². The molecule has 5 heteroatoms. The zero-order valence-electron chi connectivity index (χ0n) is 12.4. The molecule has 0 saturated heterocycles. The number of nitrogens with one attached hydrogen (secondary N) is 1. The standard InChI is InChI=1S/C17H16N2O3/c1-11(15-9-12-5-3-4-6-14(12)22-15)18-17(21)13-7-8-19(2)16(20)10-13/h3-11H,1-2H3,(H,18,21)/t11-/m1/s1. The van der Waals surface area contributed by atoms with Gasteiger partial charge in [0.2, 0.25) is 0 Å². The van der Waals surface area contributed by atoms with E-state index in [0.29, 0.717) is 11.3 Å². The predicted octanol–water partition coefficient (Wildman–Crippen LogP) is 2.62. The topological polar surface area (TPSA) is 64.2 Å². The molecule has 112 valence electrons. The van der Waals surface area contributed by atoms with Gasteiger partial charge in [-0.15, -0.1) is 0 Å². The van der Waals surface area contributed by atoms with Crippen molar-refractivity contribution in [1.82, 2.24) is 9.88 Å². The first-order valence-corrected chi connectivity index (χ1v) is 7.00. The number of hydrogen-bond donors (Lipinski definition) is 1. The van der Waals surface area contributed by atoms with Crippen LogP contribution >= 0.6 is 0 Å². The summed E-state index contributed by atoms with van der Waals surface area (Å²) in [5.74, 6) is 0.379. The van der Waals surface area contributed by atoms with Crippen molar-refractivity contribution in [3.63, 3.8) is 0 Å². The zero-order valence-corrected chi connectivity index (χ0v) is 12.4. The lowest BCUT2D eigenvalue weighted by Crippen LogP contribution is -2.28. The Morgan fingerprint density at radius 1 is 1.23 bits per heavy atom. The van der Waals surface area contributed by atoms with Gasteiger partial charge in [-0.25, -0.2) is 0 Å². The molecule has 1 atom stereocenters. The second-order valence-corrected chi connectivity index (χ2v) is 5.25. The monoisotopic (exact) mass is 296 g/mol. The molecule has 0 aliphatic heterocycles. The average molecular weight is 296 g/mol. The number of furan rings is 1. The van der Waals surface area contributed by atoms with Crippen LogP contribution in [0.25, 0.3) is 11.0 Å². The van der Waals surface area contributed by atoms with Gasteiger partial charge in [0.25, 0.3) is 11.5 Å². The molecule has 22 heavy (non-hydrogen) atoms. The van der Waals surface area contributed by atoms with Crippen LogP contribution in [0.1, 0.15) is 29.1 Å². The first-order valence-electron chi connectivity index (χ1n) is 7.00. The fourth-order valence-electron chi connectivity index (χ4n) is 2.26. The molecule has 1 N–H and O–H groups in total. The highest BCUT2D eigenvalue weighted by molar-refractivity contribution is 5.94. The van der Waals surface area contributed by atoms with Crippen molar-refractivity contribution in [2.45, 2.75) is 13.0 Å². The molecular weight excluding hydrogens is 280 g/mol. The molecule has 3 rings (SSSR count). The van der Waals surface area contributed by atoms with Crippen LogP contribution in [0.4, 0.5) is 0 Å². The lowest BCUT2D eigenvalue weighted by molar-refractivity contribution is 0.0935. The molecular formula is C17H16N2O3. The van der Waals surface area contributed by atoms with Crippen molar-refractivity contribution in [2.24, 2.45) is 7.05 Å². The number of fused-ring (bicyclic) bond motifs is 1. The number of para-hydroxylation sites is 1. The van der Waals surface area contributed by atoms with Crippen LogP contribution in [0, 0.1) is 0 Å². The van der Waals surface area contributed by atoms with Crippen molar-refractivity contribution >= 4 is 16.9 Å². The highest BCUT2D eigenvalue weighted by Crippen LogP contribution is 2.23. The summed E-state index contributed by atoms with van der Waals surface area (Å²) >= 11 is 0. The van der Waals surface area contributed by atoms with Crippen LogP contribution in [0.3, 0.4) is 0 Å². The summed E-state index contributed by atoms with van der Waals surface area (Å²) in [6, 6.07) is 12.2. The van der Waals surface area contributed by atoms with Gasteiger partial charge in [0.15, 0.2) is 0 Å². The summed E-state index contributed by atoms with van der Waals surface area (Å²) in [5, 5.41) is 3.83. The number of nitrogens with zero attached hydrogens (tertiary/aromatic N) is 1. The van der Waals surface area contributed by atoms with E-state index in [0.717, 1.165) is 11.0 Å². The van der Waals surface area contributed by atoms with Crippen LogP contribution in [-0.4, -0.2) is 10.5 Å². The molecule has 0 radical (unpaired) electrons. The second-order valence-electron chi connectivity index (χ2n) is 5.25. The van der Waals surface area contributed by atoms with E-state index in [-0.39, 0.29) is 17.5 Å². The van der Waals surface area contributed by atoms with E-state index < -0.39 is 0 Å². The number of aryl methyl sites for hydroxylation is 1. The number of rotatable bonds is 3. The largest absolute Gasteiger partial charge is 0.459 e. The van der Waals surface area contributed by atoms with Crippen molar-refractivity contribution in [2.75, 3.05) is 0 Å². The zero-order chi connectivity index (χ0) is 15.7. The number of benzene rings is 1. The van der Waals surface area contributed by atoms with Gasteiger partial charge in [0.1, 0.15) is 11.3 Å². The third-order valence-electron chi connectivity index (χ3n) is 3.59. The van der Waals surface area contributed by atoms with Crippen LogP contribution in [0.2, 0.25) is 0 Å². The minimum absolute atomic E-state index is 0.218. The quantitative estimate of drug-likeness (QED) is 0.808. The normalized spacial score (nSPS) is 12.3. The fraction of sp³-hybridized carbons (Fsp3) is 0.176. The van der Waals surface area contributed by atoms with Crippen molar-refractivity contribution < 1.29 is 9.21 Å². The summed E-state index contributed by atoms with van der Waals surface area (Å²) in [6.45, 7) is 1.84. The molecule has 0 saturated carbocycles. The molecule has 5 nitrogen and oxygen atoms in total. The van der Waals surface area contributed by atoms with Crippen molar-refractivity contribution in [3.05, 3.63) is 70.3 Å². The summed E-state index contributed by atoms with van der Waals surface area (Å²) in [7, 11) is 1.64. The van der Waals surface area contributed by atoms with Crippen LogP contribution in [0.5, 0.6) is 0 Å². The second kappa shape index (κ2) is 5.52. The van der Waals surface area contributed by atoms with Gasteiger partial charge in [0, 0.05) is 30.3 Å². The lowest BCUT2D eigenvalue weighted by atomic mass is 10.2. The first-order chi connectivity index (χ1) is 10.5. The minimum atomic E-state index is -0.300. The van der Waals surface area contributed by atoms with Gasteiger partial charge in [-0.2, -0.15) is 0 Å². The van der Waals surface area contributed by atoms with Gasteiger partial charge in [-0.05, 0) is 25.1 Å². The predicted molar refractivity (Wildman–Crippen MR) is 83.8 cm³/mol. The van der Waals surface area contributed by atoms with E-state index in [2.05, 4.69) is 5.32 Å². The summed E-state index contributed by atoms with van der Waals surface area (Å²) < 4.78 is 7.14. The maximum Gasteiger partial charge on any atom is 0.252 e. The third-order valence-corrected chi connectivity index (χ3v) is 3.59. The molecule has 0 spiro atoms. The highest BCUT2D eigenvalue weighted by Gasteiger charge is 2.15. The SMILES string of the molecule is C[C@@H](NC(=O)c1ccn(C)c(=O)c1)c1cc2ccccc2o1. The Balaban J connectivity index is 1.80. The van der Waals surface area contributed by atoms with Crippen molar-refractivity contribution in [1.29, 1.82) is 0 Å². The van der Waals surface area contributed by atoms with Crippen LogP contribution in [-0.2, 0) is 7.05 Å². The maximum absolute atomic E-state index is 12.2. The Hall–Kier alpha value is -2.82. The third kappa shape index (κ3) is 2.65. The van der Waals surface area contributed by atoms with Gasteiger partial charge in [-0.3, -0.25) is 9.59 Å². The van der Waals surface area contributed by atoms with E-state index in [9.17, 15) is 9.59 Å². The van der Waals surface area contributed by atoms with Gasteiger partial charge in [-0.1, -0.05) is 18.2 Å². The Morgan fingerprint density at radius 3 is 2.73 bits per heavy atom. The number of pyridine rings is 1. The van der Waals surface area contributed by atoms with E-state index in [1.807, 2.05) is 37.3 Å². The number of amides is 1. The molecule has 0 aliphatic carbocycles. The molecule has 0 fully saturated rings. The highest BCUT2D eigenvalue weighted by atomic mass is 16.3. The summed E-state index contributed by atoms with van der Waals surface area (Å²) in [6.07, 6.45) is 1.57. The number of hydrogen-bond acceptors (Lipinski definition) is 3.